The Morgan fingerprint density at radius 3 is 2.24 bits per heavy atom. The van der Waals surface area contributed by atoms with Gasteiger partial charge in [-0.25, -0.2) is 9.18 Å². The molecule has 2 aliphatic rings. The van der Waals surface area contributed by atoms with Crippen LogP contribution >= 0.6 is 0 Å². The Morgan fingerprint density at radius 2 is 1.64 bits per heavy atom. The monoisotopic (exact) mass is 603 g/mol. The minimum absolute atomic E-state index is 0.00980. The van der Waals surface area contributed by atoms with Crippen molar-refractivity contribution in [2.24, 2.45) is 5.73 Å². The fourth-order valence-electron chi connectivity index (χ4n) is 5.18. The topological polar surface area (TPSA) is 99.0 Å². The van der Waals surface area contributed by atoms with Gasteiger partial charge in [-0.3, -0.25) is 9.59 Å². The lowest BCUT2D eigenvalue weighted by Crippen LogP contribution is -2.71. The van der Waals surface area contributed by atoms with Gasteiger partial charge in [0.15, 0.2) is 0 Å². The first-order valence-electron chi connectivity index (χ1n) is 13.1. The Labute approximate surface area is 236 Å². The Balaban J connectivity index is 1.59. The van der Waals surface area contributed by atoms with Crippen molar-refractivity contribution in [3.63, 3.8) is 0 Å². The van der Waals surface area contributed by atoms with E-state index in [4.69, 9.17) is 5.73 Å². The minimum Gasteiger partial charge on any atom is -0.334 e. The van der Waals surface area contributed by atoms with Crippen molar-refractivity contribution < 1.29 is 45.1 Å². The van der Waals surface area contributed by atoms with E-state index in [2.05, 4.69) is 5.32 Å². The Bertz CT molecular complexity index is 1300. The molecule has 2 atom stereocenters. The molecule has 4 rings (SSSR count). The normalized spacial score (nSPS) is 19.7. The summed E-state index contributed by atoms with van der Waals surface area (Å²) in [5, 5.41) is 2.35. The van der Waals surface area contributed by atoms with Gasteiger partial charge in [-0.05, 0) is 49.2 Å². The van der Waals surface area contributed by atoms with Crippen LogP contribution in [0.2, 0.25) is 0 Å². The molecule has 3 N–H and O–H groups in total. The number of halogens is 7. The first kappa shape index (κ1) is 31.1. The molecule has 0 unspecified atom stereocenters. The number of alkyl halides is 6. The van der Waals surface area contributed by atoms with E-state index >= 15 is 0 Å². The molecule has 0 saturated carbocycles. The third-order valence-corrected chi connectivity index (χ3v) is 7.20. The van der Waals surface area contributed by atoms with Gasteiger partial charge in [-0.2, -0.15) is 26.3 Å². The van der Waals surface area contributed by atoms with Crippen LogP contribution in [0.25, 0.3) is 0 Å². The summed E-state index contributed by atoms with van der Waals surface area (Å²) in [5.41, 5.74) is 2.36. The van der Waals surface area contributed by atoms with E-state index in [9.17, 15) is 45.1 Å². The van der Waals surface area contributed by atoms with E-state index in [0.717, 1.165) is 0 Å². The molecule has 2 aromatic carbocycles. The lowest BCUT2D eigenvalue weighted by molar-refractivity contribution is -0.167. The molecule has 0 spiro atoms. The van der Waals surface area contributed by atoms with Crippen molar-refractivity contribution in [2.75, 3.05) is 19.6 Å². The van der Waals surface area contributed by atoms with Crippen molar-refractivity contribution >= 4 is 17.8 Å². The number of fused-ring (bicyclic) bond motifs is 1. The third-order valence-electron chi connectivity index (χ3n) is 7.20. The van der Waals surface area contributed by atoms with Crippen molar-refractivity contribution in [1.82, 2.24) is 20.0 Å². The maximum absolute atomic E-state index is 14.4. The summed E-state index contributed by atoms with van der Waals surface area (Å²) in [6.07, 6.45) is -10.7. The zero-order valence-corrected chi connectivity index (χ0v) is 22.1. The zero-order valence-electron chi connectivity index (χ0n) is 22.1. The summed E-state index contributed by atoms with van der Waals surface area (Å²) in [5.74, 6) is -1.42. The average Bonchev–Trinajstić information content (AvgIpc) is 2.92. The molecule has 2 heterocycles. The van der Waals surface area contributed by atoms with E-state index in [1.54, 1.807) is 6.07 Å². The highest BCUT2D eigenvalue weighted by Crippen LogP contribution is 2.36. The molecular weight excluding hydrogens is 575 g/mol. The molecule has 42 heavy (non-hydrogen) atoms. The molecule has 0 aliphatic carbocycles. The molecule has 0 radical (unpaired) electrons. The van der Waals surface area contributed by atoms with Crippen LogP contribution in [0, 0.1) is 5.82 Å². The number of nitrogens with one attached hydrogen (secondary N) is 1. The van der Waals surface area contributed by atoms with Crippen LogP contribution in [-0.2, 0) is 35.0 Å². The second-order valence-electron chi connectivity index (χ2n) is 10.1. The summed E-state index contributed by atoms with van der Waals surface area (Å²) < 4.78 is 94.0. The quantitative estimate of drug-likeness (QED) is 0.466. The Morgan fingerprint density at radius 1 is 1.00 bits per heavy atom. The van der Waals surface area contributed by atoms with Crippen LogP contribution in [0.15, 0.2) is 42.5 Å². The van der Waals surface area contributed by atoms with Crippen LogP contribution in [0.3, 0.4) is 0 Å². The van der Waals surface area contributed by atoms with Gasteiger partial charge in [0.2, 0.25) is 11.8 Å². The molecule has 8 nitrogen and oxygen atoms in total. The van der Waals surface area contributed by atoms with Gasteiger partial charge in [0, 0.05) is 31.6 Å². The summed E-state index contributed by atoms with van der Waals surface area (Å²) >= 11 is 0. The van der Waals surface area contributed by atoms with Gasteiger partial charge < -0.3 is 25.8 Å². The van der Waals surface area contributed by atoms with Gasteiger partial charge in [-0.15, -0.1) is 0 Å². The first-order chi connectivity index (χ1) is 19.7. The molecule has 228 valence electrons. The number of hydrogen-bond donors (Lipinski definition) is 2. The number of urea groups is 1. The van der Waals surface area contributed by atoms with Gasteiger partial charge in [0.1, 0.15) is 18.0 Å². The van der Waals surface area contributed by atoms with Crippen molar-refractivity contribution in [2.45, 2.75) is 56.9 Å². The summed E-state index contributed by atoms with van der Waals surface area (Å²) in [6, 6.07) is 4.95. The number of benzene rings is 2. The number of hydrogen-bond acceptors (Lipinski definition) is 4. The molecule has 0 bridgehead atoms. The fourth-order valence-corrected chi connectivity index (χ4v) is 5.18. The largest absolute Gasteiger partial charge is 0.416 e. The molecular formula is C27H28F7N5O3. The van der Waals surface area contributed by atoms with Crippen LogP contribution in [0.5, 0.6) is 0 Å². The van der Waals surface area contributed by atoms with E-state index in [1.165, 1.54) is 32.9 Å². The molecule has 2 saturated heterocycles. The van der Waals surface area contributed by atoms with Gasteiger partial charge in [-0.1, -0.05) is 18.2 Å². The van der Waals surface area contributed by atoms with Crippen molar-refractivity contribution in [1.29, 1.82) is 0 Å². The number of rotatable bonds is 7. The number of amides is 4. The lowest BCUT2D eigenvalue weighted by atomic mass is 9.99. The Kier molecular flexibility index (Phi) is 8.99. The highest BCUT2D eigenvalue weighted by atomic mass is 19.4. The fraction of sp³-hybridized carbons (Fsp3) is 0.444. The van der Waals surface area contributed by atoms with Crippen LogP contribution in [0.1, 0.15) is 41.5 Å². The molecule has 2 aromatic rings. The number of carbonyl (C=O) groups is 3. The highest BCUT2D eigenvalue weighted by Gasteiger charge is 2.48. The molecule has 0 aromatic heterocycles. The maximum Gasteiger partial charge on any atom is 0.416 e. The van der Waals surface area contributed by atoms with Crippen molar-refractivity contribution in [3.8, 4) is 0 Å². The summed E-state index contributed by atoms with van der Waals surface area (Å²) in [7, 11) is 0. The second-order valence-corrected chi connectivity index (χ2v) is 10.1. The number of piperazine rings is 1. The molecule has 2 fully saturated rings. The smallest absolute Gasteiger partial charge is 0.334 e. The average molecular weight is 604 g/mol. The van der Waals surface area contributed by atoms with Gasteiger partial charge >= 0.3 is 18.4 Å². The molecule has 15 heteroatoms. The van der Waals surface area contributed by atoms with E-state index in [0.29, 0.717) is 18.6 Å². The van der Waals surface area contributed by atoms with Crippen molar-refractivity contribution in [3.05, 3.63) is 70.5 Å². The first-order valence-corrected chi connectivity index (χ1v) is 13.1. The minimum atomic E-state index is -5.05. The van der Waals surface area contributed by atoms with E-state index < -0.39 is 71.5 Å². The SMILES string of the molecule is NCCC[C@H]1C(=O)N(Cc2ccccc2F)C[C@@H]2N(C(=O)NCc3cc(C(F)(F)F)cc(C(F)(F)F)c3)CCC(=O)N21. The van der Waals surface area contributed by atoms with Crippen LogP contribution < -0.4 is 11.1 Å². The van der Waals surface area contributed by atoms with Crippen LogP contribution in [-0.4, -0.2) is 64.4 Å². The van der Waals surface area contributed by atoms with E-state index in [1.807, 2.05) is 0 Å². The standard InChI is InChI=1S/C27H28F7N5O3/c28-20-5-2-1-4-17(20)14-37-15-22-38(9-7-23(40)39(22)21(24(37)41)6-3-8-35)25(42)36-13-16-10-18(26(29,30)31)12-19(11-16)27(32,33)34/h1-2,4-5,10-12,21-22H,3,6-9,13-15,35H2,(H,36,42)/t21-,22+/m0/s1. The molecule has 2 aliphatic heterocycles. The van der Waals surface area contributed by atoms with Gasteiger partial charge in [0.25, 0.3) is 0 Å². The predicted molar refractivity (Wildman–Crippen MR) is 135 cm³/mol. The highest BCUT2D eigenvalue weighted by molar-refractivity contribution is 5.91. The van der Waals surface area contributed by atoms with E-state index in [-0.39, 0.29) is 50.7 Å². The second kappa shape index (κ2) is 12.2. The number of nitrogens with two attached hydrogens (primary N) is 1. The molecule has 4 amide bonds. The zero-order chi connectivity index (χ0) is 30.8. The van der Waals surface area contributed by atoms with Crippen LogP contribution in [0.4, 0.5) is 35.5 Å². The third kappa shape index (κ3) is 6.77. The lowest BCUT2D eigenvalue weighted by Gasteiger charge is -2.52. The summed E-state index contributed by atoms with van der Waals surface area (Å²) in [4.78, 5) is 43.5. The predicted octanol–water partition coefficient (Wildman–Crippen LogP) is 4.08. The number of nitrogens with zero attached hydrogens (tertiary/aromatic N) is 3. The number of carbonyl (C=O) groups excluding carboxylic acids is 3. The maximum atomic E-state index is 14.4. The Hall–Kier alpha value is -3.88. The summed E-state index contributed by atoms with van der Waals surface area (Å²) in [6.45, 7) is -0.910. The van der Waals surface area contributed by atoms with Gasteiger partial charge in [0.05, 0.1) is 17.7 Å².